The van der Waals surface area contributed by atoms with Crippen LogP contribution in [0, 0.1) is 10.1 Å². The Morgan fingerprint density at radius 2 is 2.08 bits per heavy atom. The van der Waals surface area contributed by atoms with Crippen LogP contribution in [0.25, 0.3) is 0 Å². The van der Waals surface area contributed by atoms with Crippen molar-refractivity contribution in [3.63, 3.8) is 0 Å². The number of nitro benzene ring substituents is 1. The normalized spacial score (nSPS) is 10.7. The second kappa shape index (κ2) is 9.62. The summed E-state index contributed by atoms with van der Waals surface area (Å²) in [5.41, 5.74) is 3.97. The molecule has 2 aromatic carbocycles. The van der Waals surface area contributed by atoms with E-state index in [0.29, 0.717) is 41.0 Å². The van der Waals surface area contributed by atoms with E-state index in [-0.39, 0.29) is 5.69 Å². The standard InChI is InChI=1S/C18H20ClN3O4/c1-3-8-26-18-16(19)9-13(10-17(18)25-4-2)12-20-21-14-6-5-7-15(11-14)22(23)24/h5-7,9-12,21H,3-4,8H2,1-2H3. The van der Waals surface area contributed by atoms with E-state index in [1.54, 1.807) is 30.5 Å². The van der Waals surface area contributed by atoms with Gasteiger partial charge in [-0.25, -0.2) is 0 Å². The van der Waals surface area contributed by atoms with Gasteiger partial charge < -0.3 is 9.47 Å². The third kappa shape index (κ3) is 5.35. The number of hydrazone groups is 1. The number of nitro groups is 1. The minimum atomic E-state index is -0.460. The summed E-state index contributed by atoms with van der Waals surface area (Å²) in [4.78, 5) is 10.3. The smallest absolute Gasteiger partial charge is 0.271 e. The third-order valence-corrected chi connectivity index (χ3v) is 3.53. The first-order valence-electron chi connectivity index (χ1n) is 8.17. The summed E-state index contributed by atoms with van der Waals surface area (Å²) in [5, 5.41) is 15.3. The Bertz CT molecular complexity index is 796. The molecule has 0 unspecified atom stereocenters. The molecular weight excluding hydrogens is 358 g/mol. The predicted molar refractivity (Wildman–Crippen MR) is 103 cm³/mol. The van der Waals surface area contributed by atoms with Crippen LogP contribution in [0.15, 0.2) is 41.5 Å². The summed E-state index contributed by atoms with van der Waals surface area (Å²) in [6.45, 7) is 4.91. The van der Waals surface area contributed by atoms with E-state index in [4.69, 9.17) is 21.1 Å². The van der Waals surface area contributed by atoms with Crippen LogP contribution in [0.5, 0.6) is 11.5 Å². The number of nitrogens with zero attached hydrogens (tertiary/aromatic N) is 2. The zero-order valence-electron chi connectivity index (χ0n) is 14.6. The first kappa shape index (κ1) is 19.5. The van der Waals surface area contributed by atoms with E-state index in [1.165, 1.54) is 12.1 Å². The van der Waals surface area contributed by atoms with Gasteiger partial charge >= 0.3 is 0 Å². The lowest BCUT2D eigenvalue weighted by atomic mass is 10.2. The molecule has 0 saturated heterocycles. The Balaban J connectivity index is 2.16. The van der Waals surface area contributed by atoms with Gasteiger partial charge in [0.1, 0.15) is 0 Å². The van der Waals surface area contributed by atoms with Gasteiger partial charge in [0, 0.05) is 12.1 Å². The number of rotatable bonds is 9. The van der Waals surface area contributed by atoms with Gasteiger partial charge in [0.25, 0.3) is 5.69 Å². The highest BCUT2D eigenvalue weighted by Crippen LogP contribution is 2.36. The Kier molecular flexibility index (Phi) is 7.23. The van der Waals surface area contributed by atoms with E-state index in [0.717, 1.165) is 6.42 Å². The second-order valence-electron chi connectivity index (χ2n) is 5.29. The van der Waals surface area contributed by atoms with Crippen molar-refractivity contribution in [3.8, 4) is 11.5 Å². The SMILES string of the molecule is CCCOc1c(Cl)cc(C=NNc2cccc([N+](=O)[O-])c2)cc1OCC. The highest BCUT2D eigenvalue weighted by molar-refractivity contribution is 6.32. The zero-order chi connectivity index (χ0) is 18.9. The van der Waals surface area contributed by atoms with Crippen molar-refractivity contribution in [2.45, 2.75) is 20.3 Å². The van der Waals surface area contributed by atoms with Gasteiger partial charge in [0.2, 0.25) is 0 Å². The average molecular weight is 378 g/mol. The quantitative estimate of drug-likeness (QED) is 0.382. The van der Waals surface area contributed by atoms with Crippen LogP contribution in [0.3, 0.4) is 0 Å². The molecule has 2 rings (SSSR count). The van der Waals surface area contributed by atoms with Crippen LogP contribution >= 0.6 is 11.6 Å². The summed E-state index contributed by atoms with van der Waals surface area (Å²) in [5.74, 6) is 1.06. The highest BCUT2D eigenvalue weighted by Gasteiger charge is 2.12. The fourth-order valence-electron chi connectivity index (χ4n) is 2.14. The maximum Gasteiger partial charge on any atom is 0.271 e. The van der Waals surface area contributed by atoms with Crippen LogP contribution in [-0.2, 0) is 0 Å². The van der Waals surface area contributed by atoms with Crippen molar-refractivity contribution in [1.82, 2.24) is 0 Å². The molecule has 0 aromatic heterocycles. The fourth-order valence-corrected chi connectivity index (χ4v) is 2.41. The lowest BCUT2D eigenvalue weighted by Gasteiger charge is -2.13. The van der Waals surface area contributed by atoms with E-state index >= 15 is 0 Å². The predicted octanol–water partition coefficient (Wildman–Crippen LogP) is 4.88. The molecule has 0 amide bonds. The number of ether oxygens (including phenoxy) is 2. The zero-order valence-corrected chi connectivity index (χ0v) is 15.3. The number of halogens is 1. The number of non-ortho nitro benzene ring substituents is 1. The summed E-state index contributed by atoms with van der Waals surface area (Å²) < 4.78 is 11.2. The van der Waals surface area contributed by atoms with Crippen LogP contribution in [-0.4, -0.2) is 24.4 Å². The Morgan fingerprint density at radius 3 is 2.77 bits per heavy atom. The molecule has 0 saturated carbocycles. The molecule has 138 valence electrons. The van der Waals surface area contributed by atoms with Crippen LogP contribution in [0.1, 0.15) is 25.8 Å². The first-order valence-corrected chi connectivity index (χ1v) is 8.55. The lowest BCUT2D eigenvalue weighted by molar-refractivity contribution is -0.384. The Labute approximate surface area is 156 Å². The van der Waals surface area contributed by atoms with Crippen molar-refractivity contribution in [1.29, 1.82) is 0 Å². The summed E-state index contributed by atoms with van der Waals surface area (Å²) in [6.07, 6.45) is 2.41. The number of hydrogen-bond acceptors (Lipinski definition) is 6. The van der Waals surface area contributed by atoms with Crippen LogP contribution in [0.4, 0.5) is 11.4 Å². The van der Waals surface area contributed by atoms with E-state index < -0.39 is 4.92 Å². The molecule has 0 bridgehead atoms. The molecule has 0 aliphatic rings. The average Bonchev–Trinajstić information content (AvgIpc) is 2.61. The van der Waals surface area contributed by atoms with Gasteiger partial charge in [-0.3, -0.25) is 15.5 Å². The fraction of sp³-hybridized carbons (Fsp3) is 0.278. The Morgan fingerprint density at radius 1 is 1.27 bits per heavy atom. The number of nitrogens with one attached hydrogen (secondary N) is 1. The molecule has 0 aliphatic carbocycles. The molecule has 7 nitrogen and oxygen atoms in total. The molecule has 0 heterocycles. The topological polar surface area (TPSA) is 86.0 Å². The summed E-state index contributed by atoms with van der Waals surface area (Å²) in [7, 11) is 0. The van der Waals surface area contributed by atoms with Crippen LogP contribution < -0.4 is 14.9 Å². The number of anilines is 1. The number of benzene rings is 2. The van der Waals surface area contributed by atoms with Crippen molar-refractivity contribution in [2.75, 3.05) is 18.6 Å². The maximum atomic E-state index is 10.8. The maximum absolute atomic E-state index is 10.8. The van der Waals surface area contributed by atoms with E-state index in [2.05, 4.69) is 10.5 Å². The van der Waals surface area contributed by atoms with Crippen molar-refractivity contribution >= 4 is 29.2 Å². The summed E-state index contributed by atoms with van der Waals surface area (Å²) in [6, 6.07) is 9.58. The van der Waals surface area contributed by atoms with Gasteiger partial charge in [-0.05, 0) is 37.1 Å². The summed E-state index contributed by atoms with van der Waals surface area (Å²) >= 11 is 6.30. The molecule has 1 N–H and O–H groups in total. The minimum Gasteiger partial charge on any atom is -0.490 e. The van der Waals surface area contributed by atoms with Gasteiger partial charge in [0.05, 0.1) is 35.1 Å². The van der Waals surface area contributed by atoms with Crippen molar-refractivity contribution in [3.05, 3.63) is 57.1 Å². The molecule has 0 fully saturated rings. The third-order valence-electron chi connectivity index (χ3n) is 3.25. The van der Waals surface area contributed by atoms with Crippen LogP contribution in [0.2, 0.25) is 5.02 Å². The molecule has 0 atom stereocenters. The minimum absolute atomic E-state index is 0.00991. The molecule has 0 radical (unpaired) electrons. The van der Waals surface area contributed by atoms with Gasteiger partial charge in [-0.15, -0.1) is 0 Å². The van der Waals surface area contributed by atoms with Crippen molar-refractivity contribution in [2.24, 2.45) is 5.10 Å². The van der Waals surface area contributed by atoms with Crippen molar-refractivity contribution < 1.29 is 14.4 Å². The number of hydrogen-bond donors (Lipinski definition) is 1. The molecule has 8 heteroatoms. The van der Waals surface area contributed by atoms with Gasteiger partial charge in [-0.2, -0.15) is 5.10 Å². The van der Waals surface area contributed by atoms with E-state index in [9.17, 15) is 10.1 Å². The second-order valence-corrected chi connectivity index (χ2v) is 5.70. The molecule has 0 spiro atoms. The lowest BCUT2D eigenvalue weighted by Crippen LogP contribution is -2.02. The molecular formula is C18H20ClN3O4. The largest absolute Gasteiger partial charge is 0.490 e. The monoisotopic (exact) mass is 377 g/mol. The Hall–Kier alpha value is -2.80. The van der Waals surface area contributed by atoms with E-state index in [1.807, 2.05) is 13.8 Å². The molecule has 0 aliphatic heterocycles. The van der Waals surface area contributed by atoms with Gasteiger partial charge in [0.15, 0.2) is 11.5 Å². The highest BCUT2D eigenvalue weighted by atomic mass is 35.5. The molecule has 26 heavy (non-hydrogen) atoms. The van der Waals surface area contributed by atoms with Gasteiger partial charge in [-0.1, -0.05) is 24.6 Å². The first-order chi connectivity index (χ1) is 12.5. The molecule has 2 aromatic rings.